The number of amides is 2. The molecule has 2 saturated heterocycles. The first-order chi connectivity index (χ1) is 11.2. The van der Waals surface area contributed by atoms with E-state index in [0.717, 1.165) is 43.9 Å². The highest BCUT2D eigenvalue weighted by Gasteiger charge is 2.28. The maximum absolute atomic E-state index is 12.2. The van der Waals surface area contributed by atoms with E-state index < -0.39 is 0 Å². The molecule has 0 aliphatic carbocycles. The molecule has 0 unspecified atom stereocenters. The number of hydrogen-bond donors (Lipinski definition) is 2. The van der Waals surface area contributed by atoms with Crippen molar-refractivity contribution in [2.75, 3.05) is 24.6 Å². The molecule has 4 nitrogen and oxygen atoms in total. The summed E-state index contributed by atoms with van der Waals surface area (Å²) in [6.45, 7) is 4.22. The summed E-state index contributed by atoms with van der Waals surface area (Å²) in [4.78, 5) is 14.6. The van der Waals surface area contributed by atoms with Gasteiger partial charge in [-0.05, 0) is 43.3 Å². The third kappa shape index (κ3) is 4.64. The average molecular weight is 334 g/mol. The van der Waals surface area contributed by atoms with E-state index in [2.05, 4.69) is 52.8 Å². The molecule has 0 aromatic heterocycles. The van der Waals surface area contributed by atoms with Gasteiger partial charge in [0.15, 0.2) is 0 Å². The number of rotatable bonds is 4. The second-order valence-corrected chi connectivity index (χ2v) is 7.80. The Morgan fingerprint density at radius 2 is 1.83 bits per heavy atom. The Bertz CT molecular complexity index is 504. The molecule has 2 N–H and O–H groups in total. The Labute approximate surface area is 143 Å². The van der Waals surface area contributed by atoms with Gasteiger partial charge in [-0.1, -0.05) is 30.3 Å². The summed E-state index contributed by atoms with van der Waals surface area (Å²) >= 11 is 1.98. The molecule has 2 aliphatic rings. The zero-order valence-electron chi connectivity index (χ0n) is 13.8. The van der Waals surface area contributed by atoms with Gasteiger partial charge in [-0.3, -0.25) is 4.90 Å². The Hall–Kier alpha value is -1.20. The second kappa shape index (κ2) is 8.06. The molecule has 1 aromatic carbocycles. The number of likely N-dealkylation sites (tertiary alicyclic amines) is 1. The van der Waals surface area contributed by atoms with Crippen LogP contribution in [0.5, 0.6) is 0 Å². The molecule has 2 fully saturated rings. The van der Waals surface area contributed by atoms with E-state index in [4.69, 9.17) is 0 Å². The predicted octanol–water partition coefficient (Wildman–Crippen LogP) is 3.02. The molecular weight excluding hydrogens is 306 g/mol. The number of thioether (sulfide) groups is 1. The van der Waals surface area contributed by atoms with Crippen LogP contribution >= 0.6 is 11.8 Å². The number of benzene rings is 1. The molecule has 0 spiro atoms. The van der Waals surface area contributed by atoms with E-state index in [9.17, 15) is 4.79 Å². The quantitative estimate of drug-likeness (QED) is 0.890. The molecular formula is C18H27N3OS. The Morgan fingerprint density at radius 3 is 2.57 bits per heavy atom. The van der Waals surface area contributed by atoms with Crippen molar-refractivity contribution in [1.82, 2.24) is 15.5 Å². The van der Waals surface area contributed by atoms with Gasteiger partial charge in [-0.2, -0.15) is 11.8 Å². The number of nitrogens with one attached hydrogen (secondary N) is 2. The molecule has 0 bridgehead atoms. The van der Waals surface area contributed by atoms with E-state index in [-0.39, 0.29) is 12.1 Å². The number of urea groups is 1. The Morgan fingerprint density at radius 1 is 1.13 bits per heavy atom. The first kappa shape index (κ1) is 16.7. The van der Waals surface area contributed by atoms with Crippen LogP contribution in [0.2, 0.25) is 0 Å². The highest BCUT2D eigenvalue weighted by atomic mass is 32.2. The van der Waals surface area contributed by atoms with Crippen LogP contribution in [0.3, 0.4) is 0 Å². The highest BCUT2D eigenvalue weighted by molar-refractivity contribution is 7.99. The van der Waals surface area contributed by atoms with Crippen molar-refractivity contribution < 1.29 is 4.79 Å². The second-order valence-electron chi connectivity index (χ2n) is 6.57. The summed E-state index contributed by atoms with van der Waals surface area (Å²) in [7, 11) is 0. The van der Waals surface area contributed by atoms with Gasteiger partial charge in [-0.15, -0.1) is 0 Å². The lowest BCUT2D eigenvalue weighted by Gasteiger charge is -2.26. The fourth-order valence-electron chi connectivity index (χ4n) is 3.45. The lowest BCUT2D eigenvalue weighted by Crippen LogP contribution is -2.48. The minimum absolute atomic E-state index is 0.0149. The zero-order valence-corrected chi connectivity index (χ0v) is 14.6. The third-order valence-electron chi connectivity index (χ3n) is 4.94. The van der Waals surface area contributed by atoms with Gasteiger partial charge in [0.2, 0.25) is 0 Å². The van der Waals surface area contributed by atoms with E-state index >= 15 is 0 Å². The molecule has 0 saturated carbocycles. The molecule has 2 heterocycles. The van der Waals surface area contributed by atoms with Crippen LogP contribution < -0.4 is 10.6 Å². The van der Waals surface area contributed by atoms with E-state index in [1.807, 2.05) is 11.8 Å². The molecule has 2 atom stereocenters. The van der Waals surface area contributed by atoms with Crippen molar-refractivity contribution in [2.45, 2.75) is 44.3 Å². The molecule has 126 valence electrons. The topological polar surface area (TPSA) is 44.4 Å². The maximum Gasteiger partial charge on any atom is 0.315 e. The fraction of sp³-hybridized carbons (Fsp3) is 0.611. The first-order valence-corrected chi connectivity index (χ1v) is 9.81. The van der Waals surface area contributed by atoms with Crippen LogP contribution in [-0.4, -0.2) is 47.6 Å². The van der Waals surface area contributed by atoms with Gasteiger partial charge in [0.05, 0.1) is 0 Å². The molecule has 1 aromatic rings. The van der Waals surface area contributed by atoms with Crippen LogP contribution in [0.1, 0.15) is 37.8 Å². The summed E-state index contributed by atoms with van der Waals surface area (Å²) < 4.78 is 0. The monoisotopic (exact) mass is 333 g/mol. The van der Waals surface area contributed by atoms with Crippen LogP contribution in [0.4, 0.5) is 4.79 Å². The zero-order chi connectivity index (χ0) is 16.1. The van der Waals surface area contributed by atoms with Gasteiger partial charge < -0.3 is 10.6 Å². The van der Waals surface area contributed by atoms with Gasteiger partial charge in [0, 0.05) is 31.2 Å². The minimum atomic E-state index is 0.0149. The lowest BCUT2D eigenvalue weighted by molar-refractivity contribution is 0.228. The molecule has 3 rings (SSSR count). The lowest BCUT2D eigenvalue weighted by atomic mass is 10.1. The molecule has 2 amide bonds. The molecule has 2 aliphatic heterocycles. The van der Waals surface area contributed by atoms with Crippen molar-refractivity contribution in [3.63, 3.8) is 0 Å². The standard InChI is InChI=1S/C18H27N3OS/c1-14(15-5-3-2-4-6-15)21-10-7-17(13-21)20-18(22)19-16-8-11-23-12-9-16/h2-6,14,16-17H,7-13H2,1H3,(H2,19,20,22)/t14-,17+/m1/s1. The smallest absolute Gasteiger partial charge is 0.315 e. The SMILES string of the molecule is C[C@H](c1ccccc1)N1CC[C@H](NC(=O)NC2CCSCC2)C1. The van der Waals surface area contributed by atoms with Crippen LogP contribution in [-0.2, 0) is 0 Å². The van der Waals surface area contributed by atoms with E-state index in [1.54, 1.807) is 0 Å². The fourth-order valence-corrected chi connectivity index (χ4v) is 4.56. The first-order valence-electron chi connectivity index (χ1n) is 8.66. The van der Waals surface area contributed by atoms with Gasteiger partial charge in [-0.25, -0.2) is 4.79 Å². The van der Waals surface area contributed by atoms with Gasteiger partial charge in [0.25, 0.3) is 0 Å². The van der Waals surface area contributed by atoms with Gasteiger partial charge >= 0.3 is 6.03 Å². The summed E-state index contributed by atoms with van der Waals surface area (Å²) in [5, 5.41) is 6.30. The number of carbonyl (C=O) groups excluding carboxylic acids is 1. The maximum atomic E-state index is 12.2. The Kier molecular flexibility index (Phi) is 5.84. The number of nitrogens with zero attached hydrogens (tertiary/aromatic N) is 1. The molecule has 0 radical (unpaired) electrons. The normalized spacial score (nSPS) is 24.3. The van der Waals surface area contributed by atoms with Crippen LogP contribution in [0.25, 0.3) is 0 Å². The molecule has 23 heavy (non-hydrogen) atoms. The predicted molar refractivity (Wildman–Crippen MR) is 96.8 cm³/mol. The largest absolute Gasteiger partial charge is 0.335 e. The summed E-state index contributed by atoms with van der Waals surface area (Å²) in [6, 6.07) is 11.6. The average Bonchev–Trinajstić information content (AvgIpc) is 3.04. The summed E-state index contributed by atoms with van der Waals surface area (Å²) in [5.74, 6) is 2.33. The van der Waals surface area contributed by atoms with Crippen molar-refractivity contribution in [1.29, 1.82) is 0 Å². The van der Waals surface area contributed by atoms with Crippen LogP contribution in [0, 0.1) is 0 Å². The summed E-state index contributed by atoms with van der Waals surface area (Å²) in [6.07, 6.45) is 3.23. The van der Waals surface area contributed by atoms with Crippen LogP contribution in [0.15, 0.2) is 30.3 Å². The highest BCUT2D eigenvalue weighted by Crippen LogP contribution is 2.24. The van der Waals surface area contributed by atoms with Crippen molar-refractivity contribution in [3.05, 3.63) is 35.9 Å². The number of hydrogen-bond acceptors (Lipinski definition) is 3. The third-order valence-corrected chi connectivity index (χ3v) is 5.99. The summed E-state index contributed by atoms with van der Waals surface area (Å²) in [5.41, 5.74) is 1.34. The molecule has 5 heteroatoms. The van der Waals surface area contributed by atoms with Crippen molar-refractivity contribution >= 4 is 17.8 Å². The Balaban J connectivity index is 1.45. The number of carbonyl (C=O) groups is 1. The van der Waals surface area contributed by atoms with E-state index in [0.29, 0.717) is 12.1 Å². The van der Waals surface area contributed by atoms with Crippen molar-refractivity contribution in [3.8, 4) is 0 Å². The van der Waals surface area contributed by atoms with Gasteiger partial charge in [0.1, 0.15) is 0 Å². The van der Waals surface area contributed by atoms with E-state index in [1.165, 1.54) is 5.56 Å². The van der Waals surface area contributed by atoms with Crippen molar-refractivity contribution in [2.24, 2.45) is 0 Å². The minimum Gasteiger partial charge on any atom is -0.335 e.